The van der Waals surface area contributed by atoms with Crippen LogP contribution in [0, 0.1) is 0 Å². The Morgan fingerprint density at radius 3 is 1.83 bits per heavy atom. The average molecular weight is 518 g/mol. The number of hydrogen-bond donors (Lipinski definition) is 8. The molecule has 0 bridgehead atoms. The van der Waals surface area contributed by atoms with Crippen LogP contribution in [0.1, 0.15) is 12.5 Å². The lowest BCUT2D eigenvalue weighted by Crippen LogP contribution is -2.41. The topological polar surface area (TPSA) is 259 Å². The van der Waals surface area contributed by atoms with Crippen molar-refractivity contribution in [1.29, 1.82) is 0 Å². The molecule has 2 aromatic rings. The van der Waals surface area contributed by atoms with Crippen LogP contribution in [-0.2, 0) is 16.5 Å². The third-order valence-corrected chi connectivity index (χ3v) is 5.75. The molecule has 0 unspecified atom stereocenters. The van der Waals surface area contributed by atoms with Gasteiger partial charge < -0.3 is 45.2 Å². The van der Waals surface area contributed by atoms with Crippen LogP contribution in [0.4, 0.5) is 0 Å². The van der Waals surface area contributed by atoms with E-state index in [1.54, 1.807) is 0 Å². The van der Waals surface area contributed by atoms with Gasteiger partial charge in [-0.05, 0) is 0 Å². The van der Waals surface area contributed by atoms with Crippen molar-refractivity contribution in [1.82, 2.24) is 18.7 Å². The first-order chi connectivity index (χ1) is 16.9. The molecule has 36 heavy (non-hydrogen) atoms. The molecule has 2 aliphatic rings. The highest BCUT2D eigenvalue weighted by Crippen LogP contribution is 2.29. The molecule has 2 fully saturated rings. The number of hydrogen-bond acceptors (Lipinski definition) is 13. The number of H-pyrrole nitrogens is 1. The molecule has 2 aliphatic heterocycles. The largest absolute Gasteiger partial charge is 0.502 e. The maximum atomic E-state index is 11.8. The molecule has 2 saturated heterocycles. The normalized spacial score (nSPS) is 31.8. The summed E-state index contributed by atoms with van der Waals surface area (Å²) in [6.45, 7) is -1.02. The number of aliphatic hydroxyl groups is 6. The van der Waals surface area contributed by atoms with E-state index in [2.05, 4.69) is 0 Å². The Morgan fingerprint density at radius 1 is 0.861 bits per heavy atom. The van der Waals surface area contributed by atoms with Gasteiger partial charge in [-0.1, -0.05) is 0 Å². The molecule has 8 N–H and O–H groups in total. The first kappa shape index (κ1) is 27.4. The third-order valence-electron chi connectivity index (χ3n) is 5.75. The van der Waals surface area contributed by atoms with Crippen molar-refractivity contribution in [2.24, 2.45) is 7.05 Å². The van der Waals surface area contributed by atoms with Crippen LogP contribution in [0.2, 0.25) is 0 Å². The van der Waals surface area contributed by atoms with E-state index in [0.29, 0.717) is 0 Å². The molecule has 4 heterocycles. The fraction of sp³-hybridized carbons (Fsp3) is 0.579. The third kappa shape index (κ3) is 5.04. The van der Waals surface area contributed by atoms with E-state index in [1.165, 1.54) is 13.2 Å². The fourth-order valence-electron chi connectivity index (χ4n) is 3.66. The Bertz CT molecular complexity index is 1270. The molecule has 0 aliphatic carbocycles. The van der Waals surface area contributed by atoms with Gasteiger partial charge in [-0.2, -0.15) is 0 Å². The highest BCUT2D eigenvalue weighted by molar-refractivity contribution is 5.10. The van der Waals surface area contributed by atoms with E-state index < -0.39 is 90.5 Å². The minimum Gasteiger partial charge on any atom is -0.502 e. The van der Waals surface area contributed by atoms with Crippen molar-refractivity contribution in [3.63, 3.8) is 0 Å². The summed E-state index contributed by atoms with van der Waals surface area (Å²) in [7, 11) is 1.29. The maximum Gasteiger partial charge on any atom is 0.332 e. The predicted molar refractivity (Wildman–Crippen MR) is 115 cm³/mol. The molecule has 17 heteroatoms. The van der Waals surface area contributed by atoms with Crippen molar-refractivity contribution < 1.29 is 45.2 Å². The van der Waals surface area contributed by atoms with Crippen LogP contribution in [0.3, 0.4) is 0 Å². The molecule has 200 valence electrons. The Hall–Kier alpha value is -3.16. The monoisotopic (exact) mass is 518 g/mol. The molecule has 2 aromatic heterocycles. The molecule has 0 amide bonds. The van der Waals surface area contributed by atoms with Crippen LogP contribution < -0.4 is 22.5 Å². The molecule has 0 aromatic carbocycles. The highest BCUT2D eigenvalue weighted by atomic mass is 16.6. The lowest BCUT2D eigenvalue weighted by atomic mass is 10.1. The zero-order valence-corrected chi connectivity index (χ0v) is 18.7. The van der Waals surface area contributed by atoms with Gasteiger partial charge in [0, 0.05) is 19.3 Å². The van der Waals surface area contributed by atoms with Crippen molar-refractivity contribution in [3.05, 3.63) is 60.1 Å². The van der Waals surface area contributed by atoms with Crippen molar-refractivity contribution in [2.45, 2.75) is 49.1 Å². The molecule has 4 rings (SSSR count). The molecular weight excluding hydrogens is 492 g/mol. The Balaban J connectivity index is 0.000000201. The minimum absolute atomic E-state index is 0.477. The summed E-state index contributed by atoms with van der Waals surface area (Å²) in [4.78, 5) is 47.3. The summed E-state index contributed by atoms with van der Waals surface area (Å²) in [5.41, 5.74) is -3.03. The van der Waals surface area contributed by atoms with Crippen molar-refractivity contribution >= 4 is 0 Å². The number of aromatic nitrogens is 4. The Morgan fingerprint density at radius 2 is 1.36 bits per heavy atom. The van der Waals surface area contributed by atoms with Gasteiger partial charge in [0.1, 0.15) is 36.6 Å². The van der Waals surface area contributed by atoms with Gasteiger partial charge in [0.05, 0.1) is 19.4 Å². The van der Waals surface area contributed by atoms with Crippen molar-refractivity contribution in [3.8, 4) is 5.75 Å². The average Bonchev–Trinajstić information content (AvgIpc) is 3.30. The van der Waals surface area contributed by atoms with Crippen LogP contribution >= 0.6 is 0 Å². The fourth-order valence-corrected chi connectivity index (χ4v) is 3.66. The number of rotatable bonds is 4. The lowest BCUT2D eigenvalue weighted by Gasteiger charge is -2.17. The number of ether oxygens (including phenoxy) is 2. The number of aromatic hydroxyl groups is 1. The smallest absolute Gasteiger partial charge is 0.332 e. The molecular formula is C19H26N4O13. The van der Waals surface area contributed by atoms with Crippen LogP contribution in [0.15, 0.2) is 37.6 Å². The quantitative estimate of drug-likeness (QED) is 0.188. The second-order valence-electron chi connectivity index (χ2n) is 8.04. The summed E-state index contributed by atoms with van der Waals surface area (Å²) in [6, 6.07) is 1.15. The van der Waals surface area contributed by atoms with Gasteiger partial charge in [-0.25, -0.2) is 9.59 Å². The second-order valence-corrected chi connectivity index (χ2v) is 8.04. The molecule has 0 spiro atoms. The van der Waals surface area contributed by atoms with E-state index in [0.717, 1.165) is 26.0 Å². The van der Waals surface area contributed by atoms with Gasteiger partial charge in [-0.15, -0.1) is 0 Å². The first-order valence-electron chi connectivity index (χ1n) is 10.5. The van der Waals surface area contributed by atoms with E-state index in [4.69, 9.17) is 19.7 Å². The van der Waals surface area contributed by atoms with Gasteiger partial charge >= 0.3 is 11.4 Å². The SMILES string of the molecule is Cn1c(=O)ccn([C@@H]2O[C@H](CO)[C@@H](O)[C@H]2O)c1=O.O=c1[nH]c(=O)n([C@@H]2O[C@H](CO)[C@@H](O)[C@H]2O)cc1O. The molecule has 0 radical (unpaired) electrons. The summed E-state index contributed by atoms with van der Waals surface area (Å²) in [5.74, 6) is -0.729. The van der Waals surface area contributed by atoms with Gasteiger partial charge in [0.25, 0.3) is 11.1 Å². The zero-order valence-electron chi connectivity index (χ0n) is 18.7. The molecule has 17 nitrogen and oxygen atoms in total. The molecule has 0 saturated carbocycles. The van der Waals surface area contributed by atoms with E-state index in [-0.39, 0.29) is 0 Å². The van der Waals surface area contributed by atoms with Crippen LogP contribution in [0.5, 0.6) is 5.75 Å². The zero-order chi connectivity index (χ0) is 26.9. The van der Waals surface area contributed by atoms with Crippen molar-refractivity contribution in [2.75, 3.05) is 13.2 Å². The van der Waals surface area contributed by atoms with E-state index in [9.17, 15) is 44.7 Å². The maximum absolute atomic E-state index is 11.8. The predicted octanol–water partition coefficient (Wildman–Crippen LogP) is -5.99. The Labute approximate surface area is 199 Å². The summed E-state index contributed by atoms with van der Waals surface area (Å²) in [6.07, 6.45) is -7.94. The lowest BCUT2D eigenvalue weighted by molar-refractivity contribution is -0.0555. The summed E-state index contributed by atoms with van der Waals surface area (Å²) < 4.78 is 12.9. The highest BCUT2D eigenvalue weighted by Gasteiger charge is 2.44. The second kappa shape index (κ2) is 10.8. The van der Waals surface area contributed by atoms with Crippen LogP contribution in [0.25, 0.3) is 0 Å². The Kier molecular flexibility index (Phi) is 8.26. The minimum atomic E-state index is -1.47. The van der Waals surface area contributed by atoms with E-state index >= 15 is 0 Å². The summed E-state index contributed by atoms with van der Waals surface area (Å²) >= 11 is 0. The standard InChI is InChI=1S/C10H14N2O6.C9H12N2O7/c1-11-6(14)2-3-12(10(11)17)9-8(16)7(15)5(4-13)18-9;12-2-4-5(14)6(15)8(18-4)11-1-3(13)7(16)10-9(11)17/h2-3,5,7-9,13,15-16H,4H2,1H3;1,4-6,8,12-15H,2H2,(H,10,16,17)/t5-,7-,8-,9-;4-,5-,6-,8-/m11/s1. The first-order valence-corrected chi connectivity index (χ1v) is 10.5. The number of nitrogens with zero attached hydrogens (tertiary/aromatic N) is 3. The van der Waals surface area contributed by atoms with Gasteiger partial charge in [-0.3, -0.25) is 28.3 Å². The van der Waals surface area contributed by atoms with Crippen LogP contribution in [-0.4, -0.2) is 104 Å². The summed E-state index contributed by atoms with van der Waals surface area (Å²) in [5, 5.41) is 65.6. The van der Waals surface area contributed by atoms with E-state index in [1.807, 2.05) is 4.98 Å². The number of nitrogens with one attached hydrogen (secondary N) is 1. The molecule has 8 atom stereocenters. The van der Waals surface area contributed by atoms with Gasteiger partial charge in [0.15, 0.2) is 18.2 Å². The number of aliphatic hydroxyl groups excluding tert-OH is 6. The number of aromatic amines is 1. The van der Waals surface area contributed by atoms with Gasteiger partial charge in [0.2, 0.25) is 0 Å².